The van der Waals surface area contributed by atoms with Crippen LogP contribution in [0.15, 0.2) is 54.9 Å². The molecule has 0 aliphatic heterocycles. The van der Waals surface area contributed by atoms with E-state index < -0.39 is 39.9 Å². The third kappa shape index (κ3) is 8.19. The average molecular weight is 720 g/mol. The molecule has 0 N–H and O–H groups in total. The van der Waals surface area contributed by atoms with Crippen LogP contribution < -0.4 is 10.4 Å². The third-order valence-corrected chi connectivity index (χ3v) is 9.41. The van der Waals surface area contributed by atoms with E-state index in [2.05, 4.69) is 65.3 Å². The van der Waals surface area contributed by atoms with Gasteiger partial charge in [-0.05, 0) is 34.3 Å². The van der Waals surface area contributed by atoms with Crippen LogP contribution in [0.5, 0.6) is 0 Å². The van der Waals surface area contributed by atoms with E-state index >= 15 is 0 Å². The summed E-state index contributed by atoms with van der Waals surface area (Å²) in [7, 11) is -2.83. The van der Waals surface area contributed by atoms with Crippen molar-refractivity contribution in [2.45, 2.75) is 39.3 Å². The van der Waals surface area contributed by atoms with Crippen molar-refractivity contribution in [3.8, 4) is 22.5 Å². The van der Waals surface area contributed by atoms with Crippen LogP contribution in [-0.4, -0.2) is 36.1 Å². The second-order valence-corrected chi connectivity index (χ2v) is 20.4. The Bertz CT molecular complexity index is 1240. The minimum Gasteiger partial charge on any atom is -0.305 e. The van der Waals surface area contributed by atoms with Gasteiger partial charge in [-0.2, -0.15) is 13.8 Å². The van der Waals surface area contributed by atoms with Crippen LogP contribution in [0, 0.1) is 29.9 Å². The Morgan fingerprint density at radius 2 is 1.14 bits per heavy atom. The second kappa shape index (κ2) is 12.3. The Balaban J connectivity index is 0.000000253. The molecule has 0 fully saturated rings. The van der Waals surface area contributed by atoms with E-state index in [9.17, 15) is 17.6 Å². The second-order valence-electron chi connectivity index (χ2n) is 10.2. The minimum absolute atomic E-state index is 0. The standard InChI is InChI=1S/C13H14F2N2Si.C13H13F2N2Si.Ir/c2*1-18(2,3)9-4-6-11(16-8-9)10-5-7-12(14)17-13(10)15;/h4-8H,1-3H3;4,6-8H,1-3H3;/q;-1;. The van der Waals surface area contributed by atoms with Crippen LogP contribution in [0.1, 0.15) is 0 Å². The fourth-order valence-electron chi connectivity index (χ4n) is 3.14. The molecule has 0 aromatic carbocycles. The first-order valence-electron chi connectivity index (χ1n) is 11.3. The van der Waals surface area contributed by atoms with Gasteiger partial charge < -0.3 is 4.98 Å². The molecule has 11 heteroatoms. The quantitative estimate of drug-likeness (QED) is 0.117. The number of rotatable bonds is 4. The molecule has 0 saturated carbocycles. The van der Waals surface area contributed by atoms with E-state index in [1.165, 1.54) is 16.4 Å². The first-order chi connectivity index (χ1) is 16.8. The molecule has 4 nitrogen and oxygen atoms in total. The molecule has 0 aliphatic rings. The van der Waals surface area contributed by atoms with E-state index in [0.717, 1.165) is 12.1 Å². The molecule has 37 heavy (non-hydrogen) atoms. The Morgan fingerprint density at radius 3 is 1.57 bits per heavy atom. The Hall–Kier alpha value is -2.60. The van der Waals surface area contributed by atoms with Crippen molar-refractivity contribution in [3.63, 3.8) is 0 Å². The normalized spacial score (nSPS) is 11.3. The molecule has 0 unspecified atom stereocenters. The number of pyridine rings is 4. The van der Waals surface area contributed by atoms with Gasteiger partial charge in [0.1, 0.15) is 11.9 Å². The molecule has 197 valence electrons. The van der Waals surface area contributed by atoms with Gasteiger partial charge in [-0.3, -0.25) is 9.97 Å². The maximum Gasteiger partial charge on any atom is 0.224 e. The van der Waals surface area contributed by atoms with Gasteiger partial charge in [-0.15, -0.1) is 6.07 Å². The van der Waals surface area contributed by atoms with Gasteiger partial charge in [0.15, 0.2) is 0 Å². The third-order valence-electron chi connectivity index (χ3n) is 5.35. The van der Waals surface area contributed by atoms with Crippen molar-refractivity contribution in [3.05, 3.63) is 84.7 Å². The number of nitrogens with zero attached hydrogens (tertiary/aromatic N) is 4. The van der Waals surface area contributed by atoms with Crippen LogP contribution >= 0.6 is 0 Å². The smallest absolute Gasteiger partial charge is 0.224 e. The van der Waals surface area contributed by atoms with E-state index in [1.54, 1.807) is 24.5 Å². The molecule has 4 rings (SSSR count). The zero-order valence-corrected chi connectivity index (χ0v) is 25.7. The molecule has 0 atom stereocenters. The van der Waals surface area contributed by atoms with Crippen LogP contribution in [0.25, 0.3) is 22.5 Å². The van der Waals surface area contributed by atoms with E-state index in [-0.39, 0.29) is 31.2 Å². The molecule has 1 radical (unpaired) electrons. The van der Waals surface area contributed by atoms with Gasteiger partial charge in [-0.25, -0.2) is 8.78 Å². The summed E-state index contributed by atoms with van der Waals surface area (Å²) in [6.45, 7) is 13.2. The topological polar surface area (TPSA) is 51.6 Å². The Kier molecular flexibility index (Phi) is 10.2. The van der Waals surface area contributed by atoms with Crippen molar-refractivity contribution < 1.29 is 37.7 Å². The van der Waals surface area contributed by atoms with E-state index in [0.29, 0.717) is 11.4 Å². The zero-order chi connectivity index (χ0) is 26.7. The van der Waals surface area contributed by atoms with Crippen molar-refractivity contribution in [2.75, 3.05) is 0 Å². The molecule has 0 spiro atoms. The van der Waals surface area contributed by atoms with Crippen LogP contribution in [0.2, 0.25) is 39.3 Å². The van der Waals surface area contributed by atoms with Gasteiger partial charge in [-0.1, -0.05) is 69.1 Å². The zero-order valence-electron chi connectivity index (χ0n) is 21.3. The predicted octanol–water partition coefficient (Wildman–Crippen LogP) is 5.73. The molecular weight excluding hydrogens is 693 g/mol. The number of hydrogen-bond acceptors (Lipinski definition) is 4. The molecular formula is C26H27F4IrN4Si2-. The van der Waals surface area contributed by atoms with E-state index in [4.69, 9.17) is 0 Å². The monoisotopic (exact) mass is 720 g/mol. The largest absolute Gasteiger partial charge is 0.305 e. The summed E-state index contributed by atoms with van der Waals surface area (Å²) in [5.74, 6) is -3.42. The SMILES string of the molecule is C[Si](C)(C)c1ccc(-c2[c-]cc(F)nc2F)nc1.C[Si](C)(C)c1ccc(-c2ccc(F)nc2F)nc1.[Ir]. The van der Waals surface area contributed by atoms with Gasteiger partial charge >= 0.3 is 0 Å². The molecule has 4 heterocycles. The van der Waals surface area contributed by atoms with Gasteiger partial charge in [0.25, 0.3) is 0 Å². The molecule has 0 amide bonds. The molecule has 4 aromatic rings. The first-order valence-corrected chi connectivity index (χ1v) is 18.3. The van der Waals surface area contributed by atoms with Crippen LogP contribution in [-0.2, 0) is 20.1 Å². The average Bonchev–Trinajstić information content (AvgIpc) is 2.79. The first kappa shape index (κ1) is 30.6. The summed E-state index contributed by atoms with van der Waals surface area (Å²) in [5, 5.41) is 2.38. The fourth-order valence-corrected chi connectivity index (χ4v) is 5.21. The van der Waals surface area contributed by atoms with Crippen molar-refractivity contribution >= 4 is 26.5 Å². The van der Waals surface area contributed by atoms with Gasteiger partial charge in [0.05, 0.1) is 27.4 Å². The van der Waals surface area contributed by atoms with E-state index in [1.807, 2.05) is 12.1 Å². The molecule has 0 aliphatic carbocycles. The molecule has 4 aromatic heterocycles. The van der Waals surface area contributed by atoms with Gasteiger partial charge in [0, 0.05) is 32.5 Å². The maximum absolute atomic E-state index is 13.5. The molecule has 0 bridgehead atoms. The van der Waals surface area contributed by atoms with Crippen molar-refractivity contribution in [2.24, 2.45) is 0 Å². The summed E-state index contributed by atoms with van der Waals surface area (Å²) in [6, 6.07) is 13.4. The van der Waals surface area contributed by atoms with Crippen LogP contribution in [0.3, 0.4) is 0 Å². The van der Waals surface area contributed by atoms with Crippen molar-refractivity contribution in [1.82, 2.24) is 19.9 Å². The summed E-state index contributed by atoms with van der Waals surface area (Å²) < 4.78 is 52.3. The minimum atomic E-state index is -1.42. The Labute approximate surface area is 230 Å². The summed E-state index contributed by atoms with van der Waals surface area (Å²) >= 11 is 0. The number of halogens is 4. The Morgan fingerprint density at radius 1 is 0.622 bits per heavy atom. The van der Waals surface area contributed by atoms with Crippen LogP contribution in [0.4, 0.5) is 17.6 Å². The summed E-state index contributed by atoms with van der Waals surface area (Å²) in [4.78, 5) is 14.7. The number of hydrogen-bond donors (Lipinski definition) is 0. The summed E-state index contributed by atoms with van der Waals surface area (Å²) in [6.07, 6.45) is 3.52. The predicted molar refractivity (Wildman–Crippen MR) is 140 cm³/mol. The number of aromatic nitrogens is 4. The fraction of sp³-hybridized carbons (Fsp3) is 0.231. The molecule has 0 saturated heterocycles. The van der Waals surface area contributed by atoms with Gasteiger partial charge in [0.2, 0.25) is 11.9 Å². The summed E-state index contributed by atoms with van der Waals surface area (Å²) in [5.41, 5.74) is 1.21. The van der Waals surface area contributed by atoms with Crippen molar-refractivity contribution in [1.29, 1.82) is 0 Å². The maximum atomic E-state index is 13.5.